The maximum atomic E-state index is 12.4. The molecule has 2 heterocycles. The van der Waals surface area contributed by atoms with Gasteiger partial charge in [0.05, 0.1) is 28.5 Å². The van der Waals surface area contributed by atoms with Crippen molar-refractivity contribution in [1.29, 1.82) is 0 Å². The number of benzene rings is 1. The smallest absolute Gasteiger partial charge is 0.277 e. The molecular weight excluding hydrogens is 362 g/mol. The average Bonchev–Trinajstić information content (AvgIpc) is 3.34. The number of nitrogens with one attached hydrogen (secondary N) is 1. The molecule has 0 radical (unpaired) electrons. The fourth-order valence-corrected chi connectivity index (χ4v) is 3.41. The van der Waals surface area contributed by atoms with Crippen LogP contribution in [0.25, 0.3) is 5.69 Å². The fourth-order valence-electron chi connectivity index (χ4n) is 2.84. The van der Waals surface area contributed by atoms with Gasteiger partial charge in [0.1, 0.15) is 0 Å². The van der Waals surface area contributed by atoms with Crippen molar-refractivity contribution in [2.24, 2.45) is 0 Å². The first-order valence-corrected chi connectivity index (χ1v) is 9.89. The monoisotopic (exact) mass is 383 g/mol. The second-order valence-corrected chi connectivity index (χ2v) is 7.74. The van der Waals surface area contributed by atoms with Gasteiger partial charge in [0, 0.05) is 5.92 Å². The number of rotatable bonds is 6. The van der Waals surface area contributed by atoms with Crippen LogP contribution in [0.4, 0.5) is 5.69 Å². The Morgan fingerprint density at radius 2 is 1.96 bits per heavy atom. The van der Waals surface area contributed by atoms with E-state index in [0.29, 0.717) is 17.0 Å². The predicted octanol–water partition coefficient (Wildman–Crippen LogP) is 3.79. The topological polar surface area (TPSA) is 85.8 Å². The SMILES string of the molecule is Cc1ccc(-n2nc(C)c(NC(=O)CSc3nnc(C4CC4)o3)c2C)cc1. The summed E-state index contributed by atoms with van der Waals surface area (Å²) in [6.07, 6.45) is 2.21. The van der Waals surface area contributed by atoms with E-state index in [0.717, 1.165) is 35.6 Å². The third-order valence-corrected chi connectivity index (χ3v) is 5.33. The van der Waals surface area contributed by atoms with E-state index in [1.54, 1.807) is 0 Å². The summed E-state index contributed by atoms with van der Waals surface area (Å²) in [4.78, 5) is 12.4. The molecule has 0 aliphatic heterocycles. The van der Waals surface area contributed by atoms with Crippen molar-refractivity contribution in [2.75, 3.05) is 11.1 Å². The van der Waals surface area contributed by atoms with Crippen LogP contribution in [0.3, 0.4) is 0 Å². The van der Waals surface area contributed by atoms with Gasteiger partial charge in [-0.3, -0.25) is 4.79 Å². The maximum Gasteiger partial charge on any atom is 0.277 e. The predicted molar refractivity (Wildman–Crippen MR) is 103 cm³/mol. The molecule has 0 spiro atoms. The van der Waals surface area contributed by atoms with Crippen molar-refractivity contribution in [3.05, 3.63) is 47.1 Å². The van der Waals surface area contributed by atoms with E-state index >= 15 is 0 Å². The molecule has 1 aliphatic carbocycles. The largest absolute Gasteiger partial charge is 0.416 e. The van der Waals surface area contributed by atoms with Gasteiger partial charge in [0.25, 0.3) is 5.22 Å². The Bertz CT molecular complexity index is 973. The normalized spacial score (nSPS) is 13.7. The summed E-state index contributed by atoms with van der Waals surface area (Å²) in [7, 11) is 0. The minimum Gasteiger partial charge on any atom is -0.416 e. The third kappa shape index (κ3) is 3.90. The van der Waals surface area contributed by atoms with Gasteiger partial charge >= 0.3 is 0 Å². The second-order valence-electron chi connectivity index (χ2n) is 6.81. The molecule has 4 rings (SSSR count). The molecule has 1 aliphatic rings. The van der Waals surface area contributed by atoms with Crippen LogP contribution in [0, 0.1) is 20.8 Å². The number of aromatic nitrogens is 4. The number of hydrogen-bond donors (Lipinski definition) is 1. The van der Waals surface area contributed by atoms with Crippen LogP contribution in [0.2, 0.25) is 0 Å². The summed E-state index contributed by atoms with van der Waals surface area (Å²) in [5, 5.41) is 16.0. The molecule has 1 aromatic carbocycles. The molecule has 0 saturated heterocycles. The van der Waals surface area contributed by atoms with Crippen molar-refractivity contribution < 1.29 is 9.21 Å². The number of amides is 1. The zero-order chi connectivity index (χ0) is 19.0. The fraction of sp³-hybridized carbons (Fsp3) is 0.368. The second kappa shape index (κ2) is 7.19. The van der Waals surface area contributed by atoms with Crippen molar-refractivity contribution in [3.63, 3.8) is 0 Å². The lowest BCUT2D eigenvalue weighted by Gasteiger charge is -2.07. The van der Waals surface area contributed by atoms with E-state index < -0.39 is 0 Å². The first-order valence-electron chi connectivity index (χ1n) is 8.90. The summed E-state index contributed by atoms with van der Waals surface area (Å²) in [6, 6.07) is 8.12. The molecule has 8 heteroatoms. The van der Waals surface area contributed by atoms with Crippen molar-refractivity contribution in [3.8, 4) is 5.69 Å². The highest BCUT2D eigenvalue weighted by atomic mass is 32.2. The third-order valence-electron chi connectivity index (χ3n) is 4.51. The lowest BCUT2D eigenvalue weighted by molar-refractivity contribution is -0.113. The van der Waals surface area contributed by atoms with E-state index in [1.165, 1.54) is 17.3 Å². The molecule has 0 unspecified atom stereocenters. The van der Waals surface area contributed by atoms with Crippen molar-refractivity contribution in [1.82, 2.24) is 20.0 Å². The Morgan fingerprint density at radius 3 is 2.67 bits per heavy atom. The molecule has 1 N–H and O–H groups in total. The molecule has 27 heavy (non-hydrogen) atoms. The highest BCUT2D eigenvalue weighted by molar-refractivity contribution is 7.99. The average molecular weight is 383 g/mol. The van der Waals surface area contributed by atoms with Crippen LogP contribution < -0.4 is 5.32 Å². The molecule has 0 atom stereocenters. The minimum atomic E-state index is -0.124. The zero-order valence-corrected chi connectivity index (χ0v) is 16.3. The van der Waals surface area contributed by atoms with Gasteiger partial charge in [-0.15, -0.1) is 10.2 Å². The molecule has 7 nitrogen and oxygen atoms in total. The summed E-state index contributed by atoms with van der Waals surface area (Å²) in [6.45, 7) is 5.88. The lowest BCUT2D eigenvalue weighted by Crippen LogP contribution is -2.15. The Labute approximate surface area is 161 Å². The number of carbonyl (C=O) groups excluding carboxylic acids is 1. The van der Waals surface area contributed by atoms with E-state index in [-0.39, 0.29) is 11.7 Å². The number of thioether (sulfide) groups is 1. The summed E-state index contributed by atoms with van der Waals surface area (Å²) in [5.74, 6) is 1.18. The van der Waals surface area contributed by atoms with Gasteiger partial charge in [-0.05, 0) is 45.7 Å². The van der Waals surface area contributed by atoms with Crippen LogP contribution in [0.5, 0.6) is 0 Å². The minimum absolute atomic E-state index is 0.124. The molecular formula is C19H21N5O2S. The number of hydrogen-bond acceptors (Lipinski definition) is 6. The highest BCUT2D eigenvalue weighted by Crippen LogP contribution is 2.39. The van der Waals surface area contributed by atoms with Gasteiger partial charge in [-0.25, -0.2) is 4.68 Å². The Morgan fingerprint density at radius 1 is 1.22 bits per heavy atom. The standard InChI is InChI=1S/C19H21N5O2S/c1-11-4-8-15(9-5-11)24-13(3)17(12(2)23-24)20-16(25)10-27-19-22-21-18(26-19)14-6-7-14/h4-5,8-9,14H,6-7,10H2,1-3H3,(H,20,25). The van der Waals surface area contributed by atoms with Crippen LogP contribution >= 0.6 is 11.8 Å². The van der Waals surface area contributed by atoms with Crippen LogP contribution in [0.15, 0.2) is 33.9 Å². The number of nitrogens with zero attached hydrogens (tertiary/aromatic N) is 4. The summed E-state index contributed by atoms with van der Waals surface area (Å²) >= 11 is 1.25. The molecule has 2 aromatic heterocycles. The van der Waals surface area contributed by atoms with Crippen molar-refractivity contribution >= 4 is 23.4 Å². The first-order chi connectivity index (χ1) is 13.0. The van der Waals surface area contributed by atoms with Crippen LogP contribution in [-0.2, 0) is 4.79 Å². The number of anilines is 1. The number of aryl methyl sites for hydroxylation is 2. The quantitative estimate of drug-likeness (QED) is 0.652. The van der Waals surface area contributed by atoms with E-state index in [9.17, 15) is 4.79 Å². The number of carbonyl (C=O) groups is 1. The molecule has 1 fully saturated rings. The Hall–Kier alpha value is -2.61. The van der Waals surface area contributed by atoms with Crippen molar-refractivity contribution in [2.45, 2.75) is 44.8 Å². The van der Waals surface area contributed by atoms with E-state index in [4.69, 9.17) is 4.42 Å². The molecule has 1 saturated carbocycles. The summed E-state index contributed by atoms with van der Waals surface area (Å²) in [5.41, 5.74) is 4.57. The van der Waals surface area contributed by atoms with E-state index in [1.807, 2.05) is 49.7 Å². The highest BCUT2D eigenvalue weighted by Gasteiger charge is 2.29. The van der Waals surface area contributed by atoms with Gasteiger partial charge in [-0.2, -0.15) is 5.10 Å². The zero-order valence-electron chi connectivity index (χ0n) is 15.5. The van der Waals surface area contributed by atoms with Gasteiger partial charge in [0.15, 0.2) is 0 Å². The molecule has 1 amide bonds. The van der Waals surface area contributed by atoms with Gasteiger partial charge < -0.3 is 9.73 Å². The first kappa shape index (κ1) is 17.8. The Balaban J connectivity index is 1.42. The molecule has 0 bridgehead atoms. The Kier molecular flexibility index (Phi) is 4.73. The van der Waals surface area contributed by atoms with Crippen LogP contribution in [-0.4, -0.2) is 31.6 Å². The van der Waals surface area contributed by atoms with E-state index in [2.05, 4.69) is 20.6 Å². The van der Waals surface area contributed by atoms with Crippen LogP contribution in [0.1, 0.15) is 41.6 Å². The summed E-state index contributed by atoms with van der Waals surface area (Å²) < 4.78 is 7.42. The lowest BCUT2D eigenvalue weighted by atomic mass is 10.2. The van der Waals surface area contributed by atoms with Gasteiger partial charge in [0.2, 0.25) is 11.8 Å². The van der Waals surface area contributed by atoms with Gasteiger partial charge in [-0.1, -0.05) is 29.5 Å². The molecule has 3 aromatic rings. The maximum absolute atomic E-state index is 12.4. The molecule has 140 valence electrons.